The van der Waals surface area contributed by atoms with Crippen molar-refractivity contribution in [3.05, 3.63) is 278 Å². The summed E-state index contributed by atoms with van der Waals surface area (Å²) >= 11 is 0. The quantitative estimate of drug-likeness (QED) is 0.152. The fourth-order valence-corrected chi connectivity index (χ4v) is 11.1. The molecule has 2 nitrogen and oxygen atoms in total. The molecule has 0 amide bonds. The highest BCUT2D eigenvalue weighted by molar-refractivity contribution is 6.06. The molecule has 1 aliphatic rings. The lowest BCUT2D eigenvalue weighted by Crippen LogP contribution is -2.22. The lowest BCUT2D eigenvalue weighted by Gasteiger charge is -2.28. The van der Waals surface area contributed by atoms with Crippen LogP contribution in [0.1, 0.15) is 23.6 Å². The molecule has 11 aromatic carbocycles. The van der Waals surface area contributed by atoms with Gasteiger partial charge in [-0.05, 0) is 131 Å². The van der Waals surface area contributed by atoms with Crippen molar-refractivity contribution in [2.24, 2.45) is 0 Å². The second-order valence-electron chi connectivity index (χ2n) is 18.6. The Morgan fingerprint density at radius 2 is 0.757 bits per heavy atom. The average molecular weight is 891 g/mol. The minimum absolute atomic E-state index is 0.309. The number of benzene rings is 11. The van der Waals surface area contributed by atoms with E-state index >= 15 is 0 Å². The van der Waals surface area contributed by atoms with Gasteiger partial charge in [-0.1, -0.05) is 231 Å². The molecule has 0 aliphatic heterocycles. The number of hydrogen-bond donors (Lipinski definition) is 0. The standard InChI is InChI=1S/C68H46N2/c1-68(52-26-9-4-10-27-52)63-35-18-17-32-59(63)60-37-36-48(43-64(60)68)49-40-50(55-34-19-25-46-22-11-12-28-53(46)55)42-51(41-49)56-38-39-62(58-31-15-14-30-57(56)58)66-44-65(69-67(70-66)47-23-7-3-8-24-47)61-33-16-13-29-54(61)45-20-5-2-6-21-45/h2-44H,1H3. The summed E-state index contributed by atoms with van der Waals surface area (Å²) in [7, 11) is 0. The maximum atomic E-state index is 5.36. The molecule has 1 unspecified atom stereocenters. The first kappa shape index (κ1) is 41.2. The van der Waals surface area contributed by atoms with Crippen molar-refractivity contribution >= 4 is 21.5 Å². The summed E-state index contributed by atoms with van der Waals surface area (Å²) in [6.45, 7) is 2.40. The van der Waals surface area contributed by atoms with Crippen LogP contribution < -0.4 is 0 Å². The molecule has 0 spiro atoms. The van der Waals surface area contributed by atoms with Gasteiger partial charge in [-0.25, -0.2) is 9.97 Å². The van der Waals surface area contributed by atoms with Crippen molar-refractivity contribution in [2.75, 3.05) is 0 Å². The van der Waals surface area contributed by atoms with Crippen LogP contribution in [0.2, 0.25) is 0 Å². The van der Waals surface area contributed by atoms with E-state index in [-0.39, 0.29) is 5.41 Å². The Morgan fingerprint density at radius 3 is 1.50 bits per heavy atom. The van der Waals surface area contributed by atoms with Crippen LogP contribution in [0.3, 0.4) is 0 Å². The van der Waals surface area contributed by atoms with Gasteiger partial charge in [-0.3, -0.25) is 0 Å². The highest BCUT2D eigenvalue weighted by Gasteiger charge is 2.40. The molecule has 1 aliphatic carbocycles. The molecule has 328 valence electrons. The molecule has 1 atom stereocenters. The number of fused-ring (bicyclic) bond motifs is 5. The van der Waals surface area contributed by atoms with Gasteiger partial charge in [0.05, 0.1) is 11.4 Å². The number of nitrogens with zero attached hydrogens (tertiary/aromatic N) is 2. The van der Waals surface area contributed by atoms with E-state index in [1.54, 1.807) is 0 Å². The molecule has 0 fully saturated rings. The largest absolute Gasteiger partial charge is 0.228 e. The Bertz CT molecular complexity index is 3950. The van der Waals surface area contributed by atoms with E-state index in [0.717, 1.165) is 61.1 Å². The van der Waals surface area contributed by atoms with Gasteiger partial charge in [0, 0.05) is 22.1 Å². The van der Waals surface area contributed by atoms with Gasteiger partial charge in [-0.15, -0.1) is 0 Å². The molecule has 1 heterocycles. The zero-order valence-corrected chi connectivity index (χ0v) is 38.7. The molecule has 0 saturated heterocycles. The van der Waals surface area contributed by atoms with Crippen molar-refractivity contribution in [3.63, 3.8) is 0 Å². The predicted octanol–water partition coefficient (Wildman–Crippen LogP) is 17.8. The number of hydrogen-bond acceptors (Lipinski definition) is 2. The van der Waals surface area contributed by atoms with Gasteiger partial charge in [0.25, 0.3) is 0 Å². The molecule has 0 radical (unpaired) electrons. The Hall–Kier alpha value is -8.98. The lowest BCUT2D eigenvalue weighted by atomic mass is 9.74. The first-order chi connectivity index (χ1) is 34.6. The summed E-state index contributed by atoms with van der Waals surface area (Å²) < 4.78 is 0. The summed E-state index contributed by atoms with van der Waals surface area (Å²) in [4.78, 5) is 10.6. The molecule has 12 aromatic rings. The Labute approximate surface area is 408 Å². The van der Waals surface area contributed by atoms with Crippen LogP contribution in [0.5, 0.6) is 0 Å². The van der Waals surface area contributed by atoms with Crippen molar-refractivity contribution < 1.29 is 0 Å². The third-order valence-corrected chi connectivity index (χ3v) is 14.6. The molecule has 13 rings (SSSR count). The summed E-state index contributed by atoms with van der Waals surface area (Å²) in [5, 5.41) is 4.75. The molecular formula is C68H46N2. The zero-order chi connectivity index (χ0) is 46.6. The van der Waals surface area contributed by atoms with Crippen molar-refractivity contribution in [1.82, 2.24) is 9.97 Å². The molecule has 0 N–H and O–H groups in total. The van der Waals surface area contributed by atoms with Crippen molar-refractivity contribution in [1.29, 1.82) is 0 Å². The Morgan fingerprint density at radius 1 is 0.271 bits per heavy atom. The number of rotatable bonds is 8. The second kappa shape index (κ2) is 17.0. The summed E-state index contributed by atoms with van der Waals surface area (Å²) in [6, 6.07) is 94.7. The fraction of sp³-hybridized carbons (Fsp3) is 0.0294. The molecule has 0 bridgehead atoms. The maximum absolute atomic E-state index is 5.36. The van der Waals surface area contributed by atoms with E-state index < -0.39 is 0 Å². The van der Waals surface area contributed by atoms with Gasteiger partial charge in [0.2, 0.25) is 0 Å². The summed E-state index contributed by atoms with van der Waals surface area (Å²) in [5.41, 5.74) is 20.5. The number of aromatic nitrogens is 2. The minimum atomic E-state index is -0.309. The first-order valence-electron chi connectivity index (χ1n) is 24.1. The van der Waals surface area contributed by atoms with Crippen molar-refractivity contribution in [2.45, 2.75) is 12.3 Å². The first-order valence-corrected chi connectivity index (χ1v) is 24.1. The van der Waals surface area contributed by atoms with Gasteiger partial charge < -0.3 is 0 Å². The second-order valence-corrected chi connectivity index (χ2v) is 18.6. The van der Waals surface area contributed by atoms with Crippen LogP contribution in [-0.2, 0) is 5.41 Å². The highest BCUT2D eigenvalue weighted by atomic mass is 14.9. The van der Waals surface area contributed by atoms with E-state index in [4.69, 9.17) is 9.97 Å². The lowest BCUT2D eigenvalue weighted by molar-refractivity contribution is 0.714. The van der Waals surface area contributed by atoms with Crippen LogP contribution in [-0.4, -0.2) is 9.97 Å². The SMILES string of the molecule is CC1(c2ccccc2)c2ccccc2-c2ccc(-c3cc(-c4cccc5ccccc45)cc(-c4ccc(-c5cc(-c6ccccc6-c6ccccc6)nc(-c6ccccc6)n5)c5ccccc45)c3)cc21. The van der Waals surface area contributed by atoms with Crippen LogP contribution >= 0.6 is 0 Å². The van der Waals surface area contributed by atoms with E-state index in [2.05, 4.69) is 262 Å². The van der Waals surface area contributed by atoms with Crippen LogP contribution in [0.25, 0.3) is 111 Å². The van der Waals surface area contributed by atoms with E-state index in [1.165, 1.54) is 60.8 Å². The Balaban J connectivity index is 1.01. The highest BCUT2D eigenvalue weighted by Crippen LogP contribution is 2.53. The summed E-state index contributed by atoms with van der Waals surface area (Å²) in [6.07, 6.45) is 0. The van der Waals surface area contributed by atoms with Gasteiger partial charge >= 0.3 is 0 Å². The topological polar surface area (TPSA) is 25.8 Å². The normalized spacial score (nSPS) is 13.8. The third-order valence-electron chi connectivity index (χ3n) is 14.6. The molecule has 2 heteroatoms. The maximum Gasteiger partial charge on any atom is 0.160 e. The van der Waals surface area contributed by atoms with Crippen LogP contribution in [0.4, 0.5) is 0 Å². The van der Waals surface area contributed by atoms with Crippen LogP contribution in [0, 0.1) is 0 Å². The van der Waals surface area contributed by atoms with Gasteiger partial charge in [-0.2, -0.15) is 0 Å². The summed E-state index contributed by atoms with van der Waals surface area (Å²) in [5.74, 6) is 0.692. The predicted molar refractivity (Wildman–Crippen MR) is 293 cm³/mol. The molecule has 0 saturated carbocycles. The Kier molecular flexibility index (Phi) is 9.99. The molecular weight excluding hydrogens is 845 g/mol. The molecule has 1 aromatic heterocycles. The smallest absolute Gasteiger partial charge is 0.160 e. The van der Waals surface area contributed by atoms with Gasteiger partial charge in [0.15, 0.2) is 5.82 Å². The third kappa shape index (κ3) is 6.95. The molecule has 70 heavy (non-hydrogen) atoms. The van der Waals surface area contributed by atoms with Crippen LogP contribution in [0.15, 0.2) is 261 Å². The van der Waals surface area contributed by atoms with Crippen molar-refractivity contribution in [3.8, 4) is 89.5 Å². The minimum Gasteiger partial charge on any atom is -0.228 e. The zero-order valence-electron chi connectivity index (χ0n) is 38.7. The van der Waals surface area contributed by atoms with E-state index in [9.17, 15) is 0 Å². The fourth-order valence-electron chi connectivity index (χ4n) is 11.1. The van der Waals surface area contributed by atoms with E-state index in [1.807, 2.05) is 6.07 Å². The monoisotopic (exact) mass is 890 g/mol. The van der Waals surface area contributed by atoms with Gasteiger partial charge in [0.1, 0.15) is 0 Å². The van der Waals surface area contributed by atoms with E-state index in [0.29, 0.717) is 5.82 Å². The average Bonchev–Trinajstić information content (AvgIpc) is 3.70.